The van der Waals surface area contributed by atoms with Gasteiger partial charge in [0, 0.05) is 11.8 Å². The Labute approximate surface area is 93.3 Å². The lowest BCUT2D eigenvalue weighted by Crippen LogP contribution is -1.95. The number of benzene rings is 1. The summed E-state index contributed by atoms with van der Waals surface area (Å²) in [6.07, 6.45) is 2.64. The number of fused-ring (bicyclic) bond motifs is 1. The molecule has 4 nitrogen and oxygen atoms in total. The molecule has 0 aliphatic heterocycles. The highest BCUT2D eigenvalue weighted by Crippen LogP contribution is 2.17. The maximum absolute atomic E-state index is 10.4. The van der Waals surface area contributed by atoms with Crippen LogP contribution in [0.4, 0.5) is 0 Å². The molecule has 1 aromatic carbocycles. The van der Waals surface area contributed by atoms with Crippen molar-refractivity contribution in [3.05, 3.63) is 30.0 Å². The highest BCUT2D eigenvalue weighted by atomic mass is 16.4. The SMILES string of the molecule is O=C(O)CCCCc1n[nH]c2ccccc12. The van der Waals surface area contributed by atoms with Crippen molar-refractivity contribution in [2.24, 2.45) is 0 Å². The van der Waals surface area contributed by atoms with Crippen molar-refractivity contribution < 1.29 is 9.90 Å². The van der Waals surface area contributed by atoms with Gasteiger partial charge in [0.2, 0.25) is 0 Å². The van der Waals surface area contributed by atoms with Crippen LogP contribution in [0, 0.1) is 0 Å². The second-order valence-corrected chi connectivity index (χ2v) is 3.82. The topological polar surface area (TPSA) is 66.0 Å². The molecule has 0 bridgehead atoms. The van der Waals surface area contributed by atoms with Crippen molar-refractivity contribution in [1.82, 2.24) is 10.2 Å². The molecule has 16 heavy (non-hydrogen) atoms. The Morgan fingerprint density at radius 1 is 1.31 bits per heavy atom. The highest BCUT2D eigenvalue weighted by Gasteiger charge is 2.04. The minimum atomic E-state index is -0.730. The largest absolute Gasteiger partial charge is 0.481 e. The van der Waals surface area contributed by atoms with Crippen LogP contribution in [0.5, 0.6) is 0 Å². The van der Waals surface area contributed by atoms with Crippen molar-refractivity contribution in [2.45, 2.75) is 25.7 Å². The number of unbranched alkanes of at least 4 members (excludes halogenated alkanes) is 1. The normalized spacial score (nSPS) is 10.8. The number of H-pyrrole nitrogens is 1. The fraction of sp³-hybridized carbons (Fsp3) is 0.333. The van der Waals surface area contributed by atoms with E-state index in [0.29, 0.717) is 6.42 Å². The predicted octanol–water partition coefficient (Wildman–Crippen LogP) is 2.36. The summed E-state index contributed by atoms with van der Waals surface area (Å²) in [5.41, 5.74) is 2.07. The number of nitrogens with zero attached hydrogens (tertiary/aromatic N) is 1. The molecule has 4 heteroatoms. The summed E-state index contributed by atoms with van der Waals surface area (Å²) in [6, 6.07) is 7.97. The molecule has 84 valence electrons. The molecule has 0 saturated heterocycles. The molecular formula is C12H14N2O2. The predicted molar refractivity (Wildman–Crippen MR) is 61.3 cm³/mol. The number of rotatable bonds is 5. The van der Waals surface area contributed by atoms with Gasteiger partial charge in [0.1, 0.15) is 0 Å². The third-order valence-corrected chi connectivity index (χ3v) is 2.60. The zero-order valence-electron chi connectivity index (χ0n) is 8.94. The van der Waals surface area contributed by atoms with Gasteiger partial charge in [0.15, 0.2) is 0 Å². The van der Waals surface area contributed by atoms with E-state index in [9.17, 15) is 4.79 Å². The van der Waals surface area contributed by atoms with Gasteiger partial charge in [-0.05, 0) is 25.3 Å². The van der Waals surface area contributed by atoms with E-state index in [2.05, 4.69) is 10.2 Å². The molecule has 0 spiro atoms. The molecule has 0 amide bonds. The van der Waals surface area contributed by atoms with Crippen LogP contribution in [0.2, 0.25) is 0 Å². The molecule has 1 aromatic heterocycles. The molecule has 0 unspecified atom stereocenters. The van der Waals surface area contributed by atoms with Crippen molar-refractivity contribution in [3.63, 3.8) is 0 Å². The van der Waals surface area contributed by atoms with Crippen LogP contribution in [0.15, 0.2) is 24.3 Å². The molecule has 2 rings (SSSR count). The molecular weight excluding hydrogens is 204 g/mol. The molecule has 0 fully saturated rings. The van der Waals surface area contributed by atoms with Gasteiger partial charge in [0.25, 0.3) is 0 Å². The van der Waals surface area contributed by atoms with Gasteiger partial charge in [-0.1, -0.05) is 18.2 Å². The summed E-state index contributed by atoms with van der Waals surface area (Å²) in [4.78, 5) is 10.4. The van der Waals surface area contributed by atoms with Crippen molar-refractivity contribution in [3.8, 4) is 0 Å². The van der Waals surface area contributed by atoms with Gasteiger partial charge in [0.05, 0.1) is 11.2 Å². The monoisotopic (exact) mass is 218 g/mol. The smallest absolute Gasteiger partial charge is 0.303 e. The molecule has 0 atom stereocenters. The van der Waals surface area contributed by atoms with Crippen LogP contribution in [-0.4, -0.2) is 21.3 Å². The van der Waals surface area contributed by atoms with Gasteiger partial charge in [-0.25, -0.2) is 0 Å². The maximum Gasteiger partial charge on any atom is 0.303 e. The van der Waals surface area contributed by atoms with Crippen molar-refractivity contribution >= 4 is 16.9 Å². The van der Waals surface area contributed by atoms with Crippen LogP contribution in [0.25, 0.3) is 10.9 Å². The van der Waals surface area contributed by atoms with Gasteiger partial charge in [-0.15, -0.1) is 0 Å². The summed E-state index contributed by atoms with van der Waals surface area (Å²) >= 11 is 0. The summed E-state index contributed by atoms with van der Waals surface area (Å²) in [7, 11) is 0. The molecule has 1 heterocycles. The van der Waals surface area contributed by atoms with E-state index < -0.39 is 5.97 Å². The van der Waals surface area contributed by atoms with Crippen LogP contribution < -0.4 is 0 Å². The first-order valence-electron chi connectivity index (χ1n) is 5.41. The van der Waals surface area contributed by atoms with Crippen molar-refractivity contribution in [1.29, 1.82) is 0 Å². The number of aryl methyl sites for hydroxylation is 1. The minimum absolute atomic E-state index is 0.238. The van der Waals surface area contributed by atoms with Crippen molar-refractivity contribution in [2.75, 3.05) is 0 Å². The summed E-state index contributed by atoms with van der Waals surface area (Å²) in [5.74, 6) is -0.730. The van der Waals surface area contributed by atoms with E-state index in [1.165, 1.54) is 0 Å². The van der Waals surface area contributed by atoms with Crippen LogP contribution >= 0.6 is 0 Å². The van der Waals surface area contributed by atoms with Crippen LogP contribution in [-0.2, 0) is 11.2 Å². The second kappa shape index (κ2) is 4.79. The second-order valence-electron chi connectivity index (χ2n) is 3.82. The van der Waals surface area contributed by atoms with Gasteiger partial charge in [-0.3, -0.25) is 9.89 Å². The highest BCUT2D eigenvalue weighted by molar-refractivity contribution is 5.81. The Balaban J connectivity index is 1.97. The lowest BCUT2D eigenvalue weighted by atomic mass is 10.1. The number of aromatic nitrogens is 2. The first-order chi connectivity index (χ1) is 7.77. The summed E-state index contributed by atoms with van der Waals surface area (Å²) < 4.78 is 0. The number of carboxylic acid groups (broad SMARTS) is 1. The Morgan fingerprint density at radius 3 is 2.94 bits per heavy atom. The molecule has 0 aliphatic carbocycles. The van der Waals surface area contributed by atoms with Gasteiger partial charge < -0.3 is 5.11 Å². The number of carboxylic acids is 1. The first kappa shape index (κ1) is 10.7. The molecule has 0 aliphatic rings. The molecule has 2 N–H and O–H groups in total. The molecule has 0 saturated carbocycles. The maximum atomic E-state index is 10.4. The molecule has 2 aromatic rings. The Morgan fingerprint density at radius 2 is 2.12 bits per heavy atom. The van der Waals surface area contributed by atoms with E-state index in [1.807, 2.05) is 24.3 Å². The number of nitrogens with one attached hydrogen (secondary N) is 1. The van der Waals surface area contributed by atoms with E-state index >= 15 is 0 Å². The fourth-order valence-electron chi connectivity index (χ4n) is 1.78. The first-order valence-corrected chi connectivity index (χ1v) is 5.41. The van der Waals surface area contributed by atoms with E-state index in [4.69, 9.17) is 5.11 Å². The number of aromatic amines is 1. The third-order valence-electron chi connectivity index (χ3n) is 2.60. The number of hydrogen-bond donors (Lipinski definition) is 2. The Hall–Kier alpha value is -1.84. The number of para-hydroxylation sites is 1. The van der Waals surface area contributed by atoms with Crippen LogP contribution in [0.3, 0.4) is 0 Å². The lowest BCUT2D eigenvalue weighted by molar-refractivity contribution is -0.137. The van der Waals surface area contributed by atoms with E-state index in [0.717, 1.165) is 29.4 Å². The lowest BCUT2D eigenvalue weighted by Gasteiger charge is -1.96. The Kier molecular flexibility index (Phi) is 3.19. The standard InChI is InChI=1S/C12H14N2O2/c15-12(16)8-4-3-7-11-9-5-1-2-6-10(9)13-14-11/h1-2,5-6H,3-4,7-8H2,(H,13,14)(H,15,16). The zero-order valence-corrected chi connectivity index (χ0v) is 8.94. The van der Waals surface area contributed by atoms with E-state index in [-0.39, 0.29) is 6.42 Å². The van der Waals surface area contributed by atoms with Gasteiger partial charge >= 0.3 is 5.97 Å². The van der Waals surface area contributed by atoms with Gasteiger partial charge in [-0.2, -0.15) is 5.10 Å². The van der Waals surface area contributed by atoms with E-state index in [1.54, 1.807) is 0 Å². The number of carbonyl (C=O) groups is 1. The number of aliphatic carboxylic acids is 1. The fourth-order valence-corrected chi connectivity index (χ4v) is 1.78. The number of hydrogen-bond acceptors (Lipinski definition) is 2. The van der Waals surface area contributed by atoms with Crippen LogP contribution in [0.1, 0.15) is 25.0 Å². The average molecular weight is 218 g/mol. The summed E-state index contributed by atoms with van der Waals surface area (Å²) in [6.45, 7) is 0. The average Bonchev–Trinajstić information content (AvgIpc) is 2.68. The summed E-state index contributed by atoms with van der Waals surface area (Å²) in [5, 5.41) is 16.9. The quantitative estimate of drug-likeness (QED) is 0.757. The Bertz CT molecular complexity index is 490. The minimum Gasteiger partial charge on any atom is -0.481 e. The zero-order chi connectivity index (χ0) is 11.4. The molecule has 0 radical (unpaired) electrons. The third kappa shape index (κ3) is 2.39.